The second-order valence-corrected chi connectivity index (χ2v) is 0.975. The van der Waals surface area contributed by atoms with Gasteiger partial charge in [0.05, 0.1) is 0 Å². The Morgan fingerprint density at radius 2 is 2.00 bits per heavy atom. The highest BCUT2D eigenvalue weighted by Gasteiger charge is 2.27. The summed E-state index contributed by atoms with van der Waals surface area (Å²) in [6.45, 7) is -1.76. The van der Waals surface area contributed by atoms with Gasteiger partial charge in [0.1, 0.15) is 0 Å². The van der Waals surface area contributed by atoms with Gasteiger partial charge in [-0.05, 0) is 0 Å². The van der Waals surface area contributed by atoms with Gasteiger partial charge in [0.15, 0.2) is 6.67 Å². The Hall–Kier alpha value is -0.250. The average molecular weight is 114 g/mol. The Labute approximate surface area is 39.1 Å². The van der Waals surface area contributed by atoms with Crippen molar-refractivity contribution < 1.29 is 17.9 Å². The zero-order chi connectivity index (χ0) is 5.91. The van der Waals surface area contributed by atoms with Crippen LogP contribution in [0.4, 0.5) is 13.2 Å². The van der Waals surface area contributed by atoms with Crippen LogP contribution >= 0.6 is 0 Å². The summed E-state index contributed by atoms with van der Waals surface area (Å²) in [6.07, 6.45) is -3.58. The molecule has 44 valence electrons. The molecule has 0 rings (SSSR count). The van der Waals surface area contributed by atoms with Crippen molar-refractivity contribution in [3.05, 3.63) is 0 Å². The number of methoxy groups -OCH3 is 1. The molecule has 0 aliphatic heterocycles. The van der Waals surface area contributed by atoms with Crippen molar-refractivity contribution >= 4 is 0 Å². The quantitative estimate of drug-likeness (QED) is 0.524. The van der Waals surface area contributed by atoms with E-state index in [1.54, 1.807) is 0 Å². The molecule has 0 unspecified atom stereocenters. The van der Waals surface area contributed by atoms with Gasteiger partial charge in [-0.2, -0.15) is 8.78 Å². The Morgan fingerprint density at radius 3 is 2.00 bits per heavy atom. The van der Waals surface area contributed by atoms with Crippen molar-refractivity contribution in [1.29, 1.82) is 0 Å². The normalized spacial score (nSPS) is 12.0. The summed E-state index contributed by atoms with van der Waals surface area (Å²) in [7, 11) is 0.750. The zero-order valence-electron chi connectivity index (χ0n) is 3.75. The Morgan fingerprint density at radius 1 is 1.57 bits per heavy atom. The Balaban J connectivity index is 3.36. The fraction of sp³-hybridized carbons (Fsp3) is 1.00. The summed E-state index contributed by atoms with van der Waals surface area (Å²) >= 11 is 0. The topological polar surface area (TPSA) is 9.23 Å². The van der Waals surface area contributed by atoms with Crippen LogP contribution in [0, 0.1) is 0 Å². The van der Waals surface area contributed by atoms with E-state index >= 15 is 0 Å². The van der Waals surface area contributed by atoms with E-state index in [4.69, 9.17) is 0 Å². The van der Waals surface area contributed by atoms with Crippen molar-refractivity contribution in [3.63, 3.8) is 0 Å². The van der Waals surface area contributed by atoms with Crippen molar-refractivity contribution in [2.24, 2.45) is 0 Å². The van der Waals surface area contributed by atoms with Crippen LogP contribution in [0.5, 0.6) is 0 Å². The third-order valence-electron chi connectivity index (χ3n) is 0.454. The largest absolute Gasteiger partial charge is 0.383 e. The lowest BCUT2D eigenvalue weighted by Gasteiger charge is -2.06. The van der Waals surface area contributed by atoms with Crippen molar-refractivity contribution in [1.82, 2.24) is 0 Å². The fourth-order valence-electron chi connectivity index (χ4n) is 0.0546. The van der Waals surface area contributed by atoms with Crippen molar-refractivity contribution in [2.75, 3.05) is 13.8 Å². The second kappa shape index (κ2) is 2.16. The summed E-state index contributed by atoms with van der Waals surface area (Å²) in [6, 6.07) is 0. The molecule has 0 heterocycles. The van der Waals surface area contributed by atoms with Gasteiger partial charge in [-0.1, -0.05) is 0 Å². The van der Waals surface area contributed by atoms with Crippen LogP contribution in [0.3, 0.4) is 0 Å². The molecule has 0 spiro atoms. The summed E-state index contributed by atoms with van der Waals surface area (Å²) in [5.41, 5.74) is 0. The van der Waals surface area contributed by atoms with E-state index in [0.29, 0.717) is 0 Å². The first kappa shape index (κ1) is 6.75. The van der Waals surface area contributed by atoms with Crippen LogP contribution in [0.2, 0.25) is 0 Å². The Bertz CT molecular complexity index is 48.1. The molecule has 0 radical (unpaired) electrons. The smallest absolute Gasteiger partial charge is 0.322 e. The van der Waals surface area contributed by atoms with E-state index in [9.17, 15) is 13.2 Å². The molecule has 1 nitrogen and oxygen atoms in total. The first-order valence-electron chi connectivity index (χ1n) is 1.61. The predicted molar refractivity (Wildman–Crippen MR) is 17.9 cm³/mol. The number of hydrogen-bond donors (Lipinski definition) is 0. The van der Waals surface area contributed by atoms with Gasteiger partial charge in [-0.25, -0.2) is 4.39 Å². The number of hydrogen-bond acceptors (Lipinski definition) is 1. The van der Waals surface area contributed by atoms with Gasteiger partial charge >= 0.3 is 6.11 Å². The maximum absolute atomic E-state index is 11.3. The number of ether oxygens (including phenoxy) is 1. The summed E-state index contributed by atoms with van der Waals surface area (Å²) in [4.78, 5) is 0. The lowest BCUT2D eigenvalue weighted by atomic mass is 10.7. The zero-order valence-corrected chi connectivity index (χ0v) is 3.75. The van der Waals surface area contributed by atoms with E-state index in [-0.39, 0.29) is 0 Å². The van der Waals surface area contributed by atoms with Gasteiger partial charge < -0.3 is 4.74 Å². The third-order valence-corrected chi connectivity index (χ3v) is 0.454. The van der Waals surface area contributed by atoms with Gasteiger partial charge in [0.25, 0.3) is 0 Å². The predicted octanol–water partition coefficient (Wildman–Crippen LogP) is 1.20. The molecule has 0 amide bonds. The van der Waals surface area contributed by atoms with Crippen molar-refractivity contribution in [2.45, 2.75) is 6.11 Å². The molecular formula is C3H5F3O. The molecule has 0 aromatic rings. The standard InChI is InChI=1S/C3H5F3O/c1-7-3(5,6)2-4/h2H2,1H3. The van der Waals surface area contributed by atoms with Crippen molar-refractivity contribution in [3.8, 4) is 0 Å². The maximum Gasteiger partial charge on any atom is 0.383 e. The summed E-state index contributed by atoms with van der Waals surface area (Å²) in [5.74, 6) is 0. The van der Waals surface area contributed by atoms with Crippen LogP contribution in [0.15, 0.2) is 0 Å². The molecule has 0 aliphatic carbocycles. The van der Waals surface area contributed by atoms with E-state index in [2.05, 4.69) is 4.74 Å². The van der Waals surface area contributed by atoms with E-state index in [1.807, 2.05) is 0 Å². The molecule has 0 saturated heterocycles. The highest BCUT2D eigenvalue weighted by Crippen LogP contribution is 2.12. The maximum atomic E-state index is 11.3. The first-order chi connectivity index (χ1) is 3.12. The van der Waals surface area contributed by atoms with E-state index < -0.39 is 12.8 Å². The minimum Gasteiger partial charge on any atom is -0.322 e. The highest BCUT2D eigenvalue weighted by atomic mass is 19.3. The lowest BCUT2D eigenvalue weighted by molar-refractivity contribution is -0.229. The molecule has 0 fully saturated rings. The molecule has 0 N–H and O–H groups in total. The molecule has 0 aliphatic rings. The van der Waals surface area contributed by atoms with Crippen LogP contribution < -0.4 is 0 Å². The SMILES string of the molecule is COC(F)(F)CF. The van der Waals surface area contributed by atoms with Crippen LogP contribution in [-0.2, 0) is 4.74 Å². The van der Waals surface area contributed by atoms with Gasteiger partial charge in [0.2, 0.25) is 0 Å². The van der Waals surface area contributed by atoms with Gasteiger partial charge in [-0.3, -0.25) is 0 Å². The highest BCUT2D eigenvalue weighted by molar-refractivity contribution is 4.43. The fourth-order valence-corrected chi connectivity index (χ4v) is 0.0546. The van der Waals surface area contributed by atoms with Gasteiger partial charge in [0, 0.05) is 7.11 Å². The molecular weight excluding hydrogens is 109 g/mol. The van der Waals surface area contributed by atoms with E-state index in [0.717, 1.165) is 7.11 Å². The number of rotatable bonds is 2. The van der Waals surface area contributed by atoms with E-state index in [1.165, 1.54) is 0 Å². The lowest BCUT2D eigenvalue weighted by Crippen LogP contribution is -2.20. The minimum atomic E-state index is -3.58. The molecule has 7 heavy (non-hydrogen) atoms. The molecule has 0 bridgehead atoms. The first-order valence-corrected chi connectivity index (χ1v) is 1.61. The molecule has 0 aromatic carbocycles. The summed E-state index contributed by atoms with van der Waals surface area (Å²) in [5, 5.41) is 0. The molecule has 0 aromatic heterocycles. The molecule has 4 heteroatoms. The van der Waals surface area contributed by atoms with Crippen LogP contribution in [-0.4, -0.2) is 19.9 Å². The third kappa shape index (κ3) is 2.45. The van der Waals surface area contributed by atoms with Crippen LogP contribution in [0.25, 0.3) is 0 Å². The summed E-state index contributed by atoms with van der Waals surface area (Å²) < 4.78 is 36.8. The number of halogens is 3. The average Bonchev–Trinajstić information content (AvgIpc) is 1.68. The molecule has 0 saturated carbocycles. The minimum absolute atomic E-state index is 0.750. The Kier molecular flexibility index (Phi) is 2.08. The van der Waals surface area contributed by atoms with Gasteiger partial charge in [-0.15, -0.1) is 0 Å². The number of alkyl halides is 3. The monoisotopic (exact) mass is 114 g/mol. The molecule has 0 atom stereocenters. The van der Waals surface area contributed by atoms with Crippen LogP contribution in [0.1, 0.15) is 0 Å². The second-order valence-electron chi connectivity index (χ2n) is 0.975.